The Balaban J connectivity index is 3.06. The van der Waals surface area contributed by atoms with Crippen molar-refractivity contribution in [1.29, 1.82) is 0 Å². The molecule has 1 rings (SSSR count). The van der Waals surface area contributed by atoms with Crippen LogP contribution in [0.5, 0.6) is 5.75 Å². The van der Waals surface area contributed by atoms with Crippen molar-refractivity contribution < 1.29 is 4.74 Å². The van der Waals surface area contributed by atoms with E-state index in [0.717, 1.165) is 12.3 Å². The van der Waals surface area contributed by atoms with Gasteiger partial charge in [-0.05, 0) is 44.4 Å². The molecule has 0 aliphatic heterocycles. The average molecular weight is 278 g/mol. The molecule has 114 valence electrons. The Kier molecular flexibility index (Phi) is 6.50. The highest BCUT2D eigenvalue weighted by molar-refractivity contribution is 5.30. The van der Waals surface area contributed by atoms with E-state index < -0.39 is 0 Å². The van der Waals surface area contributed by atoms with Gasteiger partial charge >= 0.3 is 0 Å². The lowest BCUT2D eigenvalue weighted by atomic mass is 9.96. The first-order valence-electron chi connectivity index (χ1n) is 7.52. The van der Waals surface area contributed by atoms with Gasteiger partial charge in [0.05, 0.1) is 7.11 Å². The second kappa shape index (κ2) is 7.65. The molecule has 0 spiro atoms. The van der Waals surface area contributed by atoms with E-state index in [4.69, 9.17) is 10.5 Å². The van der Waals surface area contributed by atoms with E-state index in [9.17, 15) is 0 Å². The van der Waals surface area contributed by atoms with Crippen LogP contribution in [0, 0.1) is 5.92 Å². The molecule has 2 atom stereocenters. The number of hydrogen-bond donors (Lipinski definition) is 1. The van der Waals surface area contributed by atoms with Crippen LogP contribution >= 0.6 is 0 Å². The topological polar surface area (TPSA) is 38.5 Å². The number of nitrogens with two attached hydrogens (primary N) is 1. The number of benzene rings is 1. The van der Waals surface area contributed by atoms with Crippen LogP contribution in [0.3, 0.4) is 0 Å². The Morgan fingerprint density at radius 1 is 1.05 bits per heavy atom. The fourth-order valence-electron chi connectivity index (χ4n) is 2.67. The van der Waals surface area contributed by atoms with Crippen molar-refractivity contribution in [2.24, 2.45) is 11.7 Å². The van der Waals surface area contributed by atoms with E-state index in [-0.39, 0.29) is 12.1 Å². The van der Waals surface area contributed by atoms with E-state index in [1.54, 1.807) is 7.11 Å². The van der Waals surface area contributed by atoms with E-state index in [1.165, 1.54) is 5.56 Å². The summed E-state index contributed by atoms with van der Waals surface area (Å²) in [4.78, 5) is 2.50. The summed E-state index contributed by atoms with van der Waals surface area (Å²) >= 11 is 0. The number of ether oxygens (including phenoxy) is 1. The van der Waals surface area contributed by atoms with Gasteiger partial charge in [0.1, 0.15) is 5.75 Å². The van der Waals surface area contributed by atoms with Gasteiger partial charge in [0.25, 0.3) is 0 Å². The maximum Gasteiger partial charge on any atom is 0.118 e. The van der Waals surface area contributed by atoms with E-state index >= 15 is 0 Å². The second-order valence-corrected chi connectivity index (χ2v) is 6.26. The summed E-state index contributed by atoms with van der Waals surface area (Å²) in [6.45, 7) is 12.1. The van der Waals surface area contributed by atoms with Gasteiger partial charge < -0.3 is 10.5 Å². The highest BCUT2D eigenvalue weighted by atomic mass is 16.5. The molecule has 2 unspecified atom stereocenters. The van der Waals surface area contributed by atoms with Gasteiger partial charge in [-0.1, -0.05) is 26.0 Å². The van der Waals surface area contributed by atoms with Crippen LogP contribution in [0.25, 0.3) is 0 Å². The summed E-state index contributed by atoms with van der Waals surface area (Å²) in [6.07, 6.45) is 0. The van der Waals surface area contributed by atoms with Crippen molar-refractivity contribution in [1.82, 2.24) is 4.90 Å². The number of rotatable bonds is 7. The molecule has 0 heterocycles. The molecule has 0 aliphatic carbocycles. The molecule has 0 radical (unpaired) electrons. The quantitative estimate of drug-likeness (QED) is 0.830. The number of nitrogens with zero attached hydrogens (tertiary/aromatic N) is 1. The van der Waals surface area contributed by atoms with Gasteiger partial charge in [0.15, 0.2) is 0 Å². The summed E-state index contributed by atoms with van der Waals surface area (Å²) in [7, 11) is 1.69. The summed E-state index contributed by atoms with van der Waals surface area (Å²) in [5, 5.41) is 0. The number of methoxy groups -OCH3 is 1. The minimum absolute atomic E-state index is 0.0875. The molecule has 0 bridgehead atoms. The maximum absolute atomic E-state index is 6.28. The molecule has 0 saturated carbocycles. The summed E-state index contributed by atoms with van der Waals surface area (Å²) < 4.78 is 5.24. The smallest absolute Gasteiger partial charge is 0.118 e. The summed E-state index contributed by atoms with van der Waals surface area (Å²) in [6, 6.07) is 9.07. The third-order valence-corrected chi connectivity index (χ3v) is 3.55. The maximum atomic E-state index is 6.28. The lowest BCUT2D eigenvalue weighted by molar-refractivity contribution is 0.119. The van der Waals surface area contributed by atoms with Crippen LogP contribution in [0.1, 0.15) is 46.2 Å². The summed E-state index contributed by atoms with van der Waals surface area (Å²) in [5.41, 5.74) is 7.54. The SMILES string of the molecule is COc1ccc(C(C(C)N)N(CC(C)C)C(C)C)cc1. The van der Waals surface area contributed by atoms with Crippen LogP contribution in [0.4, 0.5) is 0 Å². The zero-order valence-electron chi connectivity index (χ0n) is 13.8. The van der Waals surface area contributed by atoms with Gasteiger partial charge in [-0.2, -0.15) is 0 Å². The first kappa shape index (κ1) is 17.0. The van der Waals surface area contributed by atoms with Crippen LogP contribution in [-0.2, 0) is 0 Å². The van der Waals surface area contributed by atoms with Crippen molar-refractivity contribution in [3.05, 3.63) is 29.8 Å². The molecule has 2 N–H and O–H groups in total. The molecule has 0 saturated heterocycles. The molecule has 1 aromatic rings. The zero-order chi connectivity index (χ0) is 15.3. The third-order valence-electron chi connectivity index (χ3n) is 3.55. The predicted octanol–water partition coefficient (Wildman–Crippen LogP) is 3.45. The predicted molar refractivity (Wildman–Crippen MR) is 86.1 cm³/mol. The fraction of sp³-hybridized carbons (Fsp3) is 0.647. The Bertz CT molecular complexity index is 384. The molecule has 0 aliphatic rings. The Morgan fingerprint density at radius 3 is 1.95 bits per heavy atom. The van der Waals surface area contributed by atoms with Gasteiger partial charge in [0, 0.05) is 24.7 Å². The second-order valence-electron chi connectivity index (χ2n) is 6.26. The van der Waals surface area contributed by atoms with Crippen molar-refractivity contribution >= 4 is 0 Å². The highest BCUT2D eigenvalue weighted by Gasteiger charge is 2.26. The third kappa shape index (κ3) is 4.50. The standard InChI is InChI=1S/C17H30N2O/c1-12(2)11-19(13(3)4)17(14(5)18)15-7-9-16(20-6)10-8-15/h7-10,12-14,17H,11,18H2,1-6H3. The molecule has 0 amide bonds. The molecule has 0 fully saturated rings. The van der Waals surface area contributed by atoms with Crippen molar-refractivity contribution in [3.63, 3.8) is 0 Å². The Hall–Kier alpha value is -1.06. The molecular formula is C17H30N2O. The van der Waals surface area contributed by atoms with Gasteiger partial charge in [-0.3, -0.25) is 4.90 Å². The largest absolute Gasteiger partial charge is 0.497 e. The highest BCUT2D eigenvalue weighted by Crippen LogP contribution is 2.28. The van der Waals surface area contributed by atoms with Crippen LogP contribution in [0.2, 0.25) is 0 Å². The van der Waals surface area contributed by atoms with Crippen molar-refractivity contribution in [3.8, 4) is 5.75 Å². The van der Waals surface area contributed by atoms with Gasteiger partial charge in [-0.25, -0.2) is 0 Å². The van der Waals surface area contributed by atoms with Gasteiger partial charge in [0.2, 0.25) is 0 Å². The molecule has 1 aromatic carbocycles. The Labute approximate surface area is 124 Å². The lowest BCUT2D eigenvalue weighted by Crippen LogP contribution is -2.44. The molecular weight excluding hydrogens is 248 g/mol. The minimum atomic E-state index is 0.0875. The van der Waals surface area contributed by atoms with Crippen molar-refractivity contribution in [2.45, 2.75) is 52.7 Å². The zero-order valence-corrected chi connectivity index (χ0v) is 13.8. The first-order chi connectivity index (χ1) is 9.36. The monoisotopic (exact) mass is 278 g/mol. The van der Waals surface area contributed by atoms with Crippen LogP contribution in [0.15, 0.2) is 24.3 Å². The summed E-state index contributed by atoms with van der Waals surface area (Å²) in [5.74, 6) is 1.51. The molecule has 20 heavy (non-hydrogen) atoms. The van der Waals surface area contributed by atoms with Gasteiger partial charge in [-0.15, -0.1) is 0 Å². The normalized spacial score (nSPS) is 14.9. The lowest BCUT2D eigenvalue weighted by Gasteiger charge is -2.38. The molecule has 0 aromatic heterocycles. The van der Waals surface area contributed by atoms with E-state index in [0.29, 0.717) is 12.0 Å². The van der Waals surface area contributed by atoms with Crippen LogP contribution < -0.4 is 10.5 Å². The van der Waals surface area contributed by atoms with E-state index in [2.05, 4.69) is 51.7 Å². The number of hydrogen-bond acceptors (Lipinski definition) is 3. The average Bonchev–Trinajstić information content (AvgIpc) is 2.37. The van der Waals surface area contributed by atoms with Crippen molar-refractivity contribution in [2.75, 3.05) is 13.7 Å². The van der Waals surface area contributed by atoms with E-state index in [1.807, 2.05) is 12.1 Å². The fourth-order valence-corrected chi connectivity index (χ4v) is 2.67. The Morgan fingerprint density at radius 2 is 1.60 bits per heavy atom. The van der Waals surface area contributed by atoms with Crippen LogP contribution in [-0.4, -0.2) is 30.6 Å². The first-order valence-corrected chi connectivity index (χ1v) is 7.52. The molecule has 3 nitrogen and oxygen atoms in total. The molecule has 3 heteroatoms. The minimum Gasteiger partial charge on any atom is -0.497 e.